The van der Waals surface area contributed by atoms with Crippen LogP contribution in [0.15, 0.2) is 36.5 Å². The van der Waals surface area contributed by atoms with Gasteiger partial charge in [0.1, 0.15) is 19.3 Å². The summed E-state index contributed by atoms with van der Waals surface area (Å²) in [6, 6.07) is 0. The number of phosphoric ester groups is 1. The van der Waals surface area contributed by atoms with Gasteiger partial charge in [0.2, 0.25) is 0 Å². The van der Waals surface area contributed by atoms with E-state index in [9.17, 15) is 14.3 Å². The zero-order chi connectivity index (χ0) is 38.4. The van der Waals surface area contributed by atoms with Crippen LogP contribution in [-0.2, 0) is 27.9 Å². The second-order valence-corrected chi connectivity index (χ2v) is 16.8. The zero-order valence-corrected chi connectivity index (χ0v) is 35.4. The minimum atomic E-state index is -4.27. The number of hydrogen-bond acceptors (Lipinski definition) is 6. The van der Waals surface area contributed by atoms with Gasteiger partial charge in [0.15, 0.2) is 0 Å². The molecule has 2 atom stereocenters. The maximum Gasteiger partial charge on any atom is 0.472 e. The van der Waals surface area contributed by atoms with Crippen molar-refractivity contribution in [2.24, 2.45) is 0 Å². The number of nitrogens with zero attached hydrogens (tertiary/aromatic N) is 1. The largest absolute Gasteiger partial charge is 0.472 e. The van der Waals surface area contributed by atoms with Crippen molar-refractivity contribution < 1.29 is 37.3 Å². The number of allylic oxidation sites excluding steroid dienone is 6. The predicted octanol–water partition coefficient (Wildman–Crippen LogP) is 12.2. The Morgan fingerprint density at radius 2 is 1.10 bits per heavy atom. The molecule has 0 aromatic heterocycles. The van der Waals surface area contributed by atoms with Gasteiger partial charge in [-0.2, -0.15) is 0 Å². The van der Waals surface area contributed by atoms with Crippen molar-refractivity contribution in [1.29, 1.82) is 0 Å². The Morgan fingerprint density at radius 1 is 0.596 bits per heavy atom. The highest BCUT2D eigenvalue weighted by atomic mass is 31.2. The number of quaternary nitrogens is 1. The van der Waals surface area contributed by atoms with E-state index in [4.69, 9.17) is 18.5 Å². The molecule has 0 aromatic carbocycles. The fourth-order valence-electron chi connectivity index (χ4n) is 5.58. The van der Waals surface area contributed by atoms with Crippen LogP contribution in [0.3, 0.4) is 0 Å². The highest BCUT2D eigenvalue weighted by Crippen LogP contribution is 2.43. The van der Waals surface area contributed by atoms with Gasteiger partial charge < -0.3 is 18.9 Å². The van der Waals surface area contributed by atoms with Crippen molar-refractivity contribution in [2.45, 2.75) is 180 Å². The number of carbonyl (C=O) groups excluding carboxylic acids is 1. The van der Waals surface area contributed by atoms with Crippen LogP contribution in [0.25, 0.3) is 0 Å². The first kappa shape index (κ1) is 50.7. The van der Waals surface area contributed by atoms with Crippen LogP contribution in [0.4, 0.5) is 0 Å². The lowest BCUT2D eigenvalue weighted by Crippen LogP contribution is -2.37. The second kappa shape index (κ2) is 36.7. The molecule has 0 rings (SSSR count). The topological polar surface area (TPSA) is 91.3 Å². The van der Waals surface area contributed by atoms with Gasteiger partial charge in [-0.1, -0.05) is 140 Å². The van der Waals surface area contributed by atoms with E-state index in [1.807, 2.05) is 21.1 Å². The number of unbranched alkanes of at least 4 members (excludes halogenated alkanes) is 19. The monoisotopic (exact) mass is 757 g/mol. The summed E-state index contributed by atoms with van der Waals surface area (Å²) in [5.74, 6) is -0.327. The number of ether oxygens (including phenoxy) is 2. The van der Waals surface area contributed by atoms with Crippen LogP contribution < -0.4 is 0 Å². The lowest BCUT2D eigenvalue weighted by atomic mass is 10.1. The van der Waals surface area contributed by atoms with Gasteiger partial charge in [0.05, 0.1) is 34.4 Å². The average Bonchev–Trinajstić information content (AvgIpc) is 3.09. The average molecular weight is 757 g/mol. The van der Waals surface area contributed by atoms with Crippen LogP contribution in [0.1, 0.15) is 174 Å². The molecule has 0 aliphatic rings. The Kier molecular flexibility index (Phi) is 35.8. The Labute approximate surface area is 321 Å². The van der Waals surface area contributed by atoms with Gasteiger partial charge in [-0.25, -0.2) is 4.57 Å². The smallest absolute Gasteiger partial charge is 0.457 e. The summed E-state index contributed by atoms with van der Waals surface area (Å²) in [5, 5.41) is 0. The molecule has 0 bridgehead atoms. The number of hydrogen-bond donors (Lipinski definition) is 1. The van der Waals surface area contributed by atoms with Gasteiger partial charge in [-0.3, -0.25) is 13.8 Å². The molecule has 0 aromatic rings. The van der Waals surface area contributed by atoms with Crippen molar-refractivity contribution in [2.75, 3.05) is 54.1 Å². The molecule has 0 saturated carbocycles. The summed E-state index contributed by atoms with van der Waals surface area (Å²) < 4.78 is 34.9. The zero-order valence-electron chi connectivity index (χ0n) is 34.5. The lowest BCUT2D eigenvalue weighted by molar-refractivity contribution is -0.870. The quantitative estimate of drug-likeness (QED) is 0.0219. The highest BCUT2D eigenvalue weighted by Gasteiger charge is 2.26. The first-order valence-electron chi connectivity index (χ1n) is 21.2. The number of carbonyl (C=O) groups is 1. The fourth-order valence-corrected chi connectivity index (χ4v) is 6.33. The summed E-state index contributed by atoms with van der Waals surface area (Å²) in [6.07, 6.45) is 41.8. The fraction of sp³-hybridized carbons (Fsp3) is 0.837. The van der Waals surface area contributed by atoms with Crippen molar-refractivity contribution in [3.63, 3.8) is 0 Å². The summed E-state index contributed by atoms with van der Waals surface area (Å²) in [7, 11) is 1.66. The lowest BCUT2D eigenvalue weighted by Gasteiger charge is -2.24. The minimum absolute atomic E-state index is 0.0861. The molecule has 9 heteroatoms. The molecule has 1 N–H and O–H groups in total. The van der Waals surface area contributed by atoms with Crippen molar-refractivity contribution in [3.05, 3.63) is 36.5 Å². The molecule has 0 fully saturated rings. The van der Waals surface area contributed by atoms with Crippen LogP contribution >= 0.6 is 7.82 Å². The van der Waals surface area contributed by atoms with E-state index in [0.29, 0.717) is 24.1 Å². The van der Waals surface area contributed by atoms with Crippen LogP contribution in [0.2, 0.25) is 0 Å². The first-order chi connectivity index (χ1) is 25.1. The SMILES string of the molecule is CCC/C=C\CCCCCCCC(=O)OC(COCCCCCCCCCCCC/C=C\C/C=C\CCCCC)COP(=O)(O)OCC[N+](C)(C)C. The molecule has 0 saturated heterocycles. The van der Waals surface area contributed by atoms with Crippen molar-refractivity contribution >= 4 is 13.8 Å². The molecule has 8 nitrogen and oxygen atoms in total. The Bertz CT molecular complexity index is 931. The van der Waals surface area contributed by atoms with E-state index in [2.05, 4.69) is 50.3 Å². The number of phosphoric acid groups is 1. The summed E-state index contributed by atoms with van der Waals surface area (Å²) in [6.45, 7) is 5.52. The predicted molar refractivity (Wildman–Crippen MR) is 220 cm³/mol. The van der Waals surface area contributed by atoms with Crippen LogP contribution in [-0.4, -0.2) is 75.6 Å². The van der Waals surface area contributed by atoms with Gasteiger partial charge in [-0.15, -0.1) is 0 Å². The Morgan fingerprint density at radius 3 is 1.65 bits per heavy atom. The summed E-state index contributed by atoms with van der Waals surface area (Å²) in [5.41, 5.74) is 0. The van der Waals surface area contributed by atoms with Gasteiger partial charge in [0.25, 0.3) is 0 Å². The maximum atomic E-state index is 12.6. The van der Waals surface area contributed by atoms with E-state index >= 15 is 0 Å². The third-order valence-electron chi connectivity index (χ3n) is 8.90. The first-order valence-corrected chi connectivity index (χ1v) is 22.7. The molecule has 0 spiro atoms. The third kappa shape index (κ3) is 39.9. The highest BCUT2D eigenvalue weighted by molar-refractivity contribution is 7.47. The number of rotatable bonds is 39. The molecule has 52 heavy (non-hydrogen) atoms. The normalized spacial score (nSPS) is 14.2. The summed E-state index contributed by atoms with van der Waals surface area (Å²) >= 11 is 0. The molecule has 2 unspecified atom stereocenters. The van der Waals surface area contributed by atoms with Crippen LogP contribution in [0.5, 0.6) is 0 Å². The maximum absolute atomic E-state index is 12.6. The molecular formula is C43H83NO7P+. The van der Waals surface area contributed by atoms with Gasteiger partial charge in [-0.05, 0) is 64.2 Å². The van der Waals surface area contributed by atoms with E-state index in [1.54, 1.807) is 0 Å². The third-order valence-corrected chi connectivity index (χ3v) is 9.89. The van der Waals surface area contributed by atoms with E-state index in [0.717, 1.165) is 57.8 Å². The summed E-state index contributed by atoms with van der Waals surface area (Å²) in [4.78, 5) is 22.8. The van der Waals surface area contributed by atoms with E-state index in [1.165, 1.54) is 96.3 Å². The van der Waals surface area contributed by atoms with Gasteiger partial charge >= 0.3 is 13.8 Å². The van der Waals surface area contributed by atoms with Crippen molar-refractivity contribution in [3.8, 4) is 0 Å². The van der Waals surface area contributed by atoms with E-state index in [-0.39, 0.29) is 25.8 Å². The molecule has 0 heterocycles. The molecule has 0 amide bonds. The van der Waals surface area contributed by atoms with Crippen molar-refractivity contribution in [1.82, 2.24) is 0 Å². The second-order valence-electron chi connectivity index (χ2n) is 15.4. The molecule has 0 aliphatic heterocycles. The Hall–Kier alpha value is -1.28. The number of esters is 1. The van der Waals surface area contributed by atoms with Crippen LogP contribution in [0, 0.1) is 0 Å². The van der Waals surface area contributed by atoms with E-state index < -0.39 is 13.9 Å². The Balaban J connectivity index is 4.16. The molecule has 0 radical (unpaired) electrons. The standard InChI is InChI=1S/C43H82NO7P/c1-6-8-10-12-14-16-18-19-20-21-22-23-24-25-26-27-29-31-33-35-38-48-40-42(41-50-52(46,47)49-39-37-44(3,4)5)51-43(45)36-34-32-30-28-17-15-13-11-9-7-2/h11,13-14,16,19-20,42H,6-10,12,15,17-18,21-41H2,1-5H3/p+1/b13-11-,16-14-,20-19-. The molecular weight excluding hydrogens is 673 g/mol. The van der Waals surface area contributed by atoms with Gasteiger partial charge in [0, 0.05) is 13.0 Å². The molecule has 306 valence electrons. The molecule has 0 aliphatic carbocycles. The minimum Gasteiger partial charge on any atom is -0.457 e. The number of likely N-dealkylation sites (N-methyl/N-ethyl adjacent to an activating group) is 1.